The van der Waals surface area contributed by atoms with Crippen LogP contribution in [-0.4, -0.2) is 17.2 Å². The molecule has 20 heavy (non-hydrogen) atoms. The van der Waals surface area contributed by atoms with Crippen LogP contribution < -0.4 is 0 Å². The van der Waals surface area contributed by atoms with Gasteiger partial charge in [-0.2, -0.15) is 0 Å². The zero-order valence-electron chi connectivity index (χ0n) is 11.8. The molecule has 0 saturated heterocycles. The SMILES string of the molecule is O=C(OC1CCC2CCCCC2C1)c1ccc(O)cc1. The predicted octanol–water partition coefficient (Wildman–Crippen LogP) is 3.91. The van der Waals surface area contributed by atoms with Gasteiger partial charge in [0.25, 0.3) is 0 Å². The maximum absolute atomic E-state index is 12.1. The molecule has 2 fully saturated rings. The van der Waals surface area contributed by atoms with E-state index >= 15 is 0 Å². The summed E-state index contributed by atoms with van der Waals surface area (Å²) in [6.45, 7) is 0. The van der Waals surface area contributed by atoms with Crippen molar-refractivity contribution in [2.45, 2.75) is 51.0 Å². The Balaban J connectivity index is 1.58. The normalized spacial score (nSPS) is 29.5. The fourth-order valence-electron chi connectivity index (χ4n) is 3.75. The Hall–Kier alpha value is -1.51. The molecule has 0 spiro atoms. The highest BCUT2D eigenvalue weighted by Gasteiger charge is 2.33. The standard InChI is InChI=1S/C17H22O3/c18-15-8-5-13(6-9-15)17(19)20-16-10-7-12-3-1-2-4-14(12)11-16/h5-6,8-9,12,14,16,18H,1-4,7,10-11H2. The van der Waals surface area contributed by atoms with Crippen molar-refractivity contribution >= 4 is 5.97 Å². The quantitative estimate of drug-likeness (QED) is 0.832. The molecule has 3 nitrogen and oxygen atoms in total. The lowest BCUT2D eigenvalue weighted by Gasteiger charge is -2.38. The number of esters is 1. The minimum absolute atomic E-state index is 0.0793. The molecule has 3 heteroatoms. The number of fused-ring (bicyclic) bond motifs is 1. The maximum atomic E-state index is 12.1. The summed E-state index contributed by atoms with van der Waals surface area (Å²) >= 11 is 0. The topological polar surface area (TPSA) is 46.5 Å². The Bertz CT molecular complexity index is 466. The van der Waals surface area contributed by atoms with E-state index < -0.39 is 0 Å². The van der Waals surface area contributed by atoms with Crippen molar-refractivity contribution in [2.24, 2.45) is 11.8 Å². The number of carbonyl (C=O) groups is 1. The fraction of sp³-hybridized carbons (Fsp3) is 0.588. The van der Waals surface area contributed by atoms with Crippen LogP contribution in [0.15, 0.2) is 24.3 Å². The van der Waals surface area contributed by atoms with Crippen molar-refractivity contribution in [3.8, 4) is 5.75 Å². The van der Waals surface area contributed by atoms with Crippen molar-refractivity contribution in [3.63, 3.8) is 0 Å². The first-order valence-electron chi connectivity index (χ1n) is 7.72. The first-order chi connectivity index (χ1) is 9.72. The molecule has 1 aromatic rings. The van der Waals surface area contributed by atoms with Crippen LogP contribution in [0.3, 0.4) is 0 Å². The van der Waals surface area contributed by atoms with Gasteiger partial charge in [-0.1, -0.05) is 25.7 Å². The van der Waals surface area contributed by atoms with E-state index in [-0.39, 0.29) is 17.8 Å². The van der Waals surface area contributed by atoms with Crippen LogP contribution in [0.5, 0.6) is 5.75 Å². The molecule has 3 unspecified atom stereocenters. The molecule has 0 amide bonds. The number of hydrogen-bond acceptors (Lipinski definition) is 3. The molecule has 3 atom stereocenters. The summed E-state index contributed by atoms with van der Waals surface area (Å²) in [6.07, 6.45) is 8.70. The van der Waals surface area contributed by atoms with Gasteiger partial charge >= 0.3 is 5.97 Å². The Kier molecular flexibility index (Phi) is 3.95. The molecule has 1 N–H and O–H groups in total. The van der Waals surface area contributed by atoms with Crippen LogP contribution in [0.1, 0.15) is 55.3 Å². The van der Waals surface area contributed by atoms with Crippen molar-refractivity contribution in [2.75, 3.05) is 0 Å². The monoisotopic (exact) mass is 274 g/mol. The van der Waals surface area contributed by atoms with Crippen molar-refractivity contribution in [1.29, 1.82) is 0 Å². The molecule has 1 aromatic carbocycles. The van der Waals surface area contributed by atoms with Gasteiger partial charge in [0, 0.05) is 0 Å². The third-order valence-corrected chi connectivity index (χ3v) is 4.87. The summed E-state index contributed by atoms with van der Waals surface area (Å²) in [7, 11) is 0. The van der Waals surface area contributed by atoms with Crippen molar-refractivity contribution in [1.82, 2.24) is 0 Å². The van der Waals surface area contributed by atoms with Crippen LogP contribution in [0.4, 0.5) is 0 Å². The van der Waals surface area contributed by atoms with E-state index in [1.165, 1.54) is 44.2 Å². The van der Waals surface area contributed by atoms with Crippen molar-refractivity contribution < 1.29 is 14.6 Å². The zero-order chi connectivity index (χ0) is 13.9. The molecule has 2 saturated carbocycles. The lowest BCUT2D eigenvalue weighted by atomic mass is 9.70. The van der Waals surface area contributed by atoms with Gasteiger partial charge in [-0.25, -0.2) is 4.79 Å². The Labute approximate surface area is 120 Å². The molecule has 0 bridgehead atoms. The van der Waals surface area contributed by atoms with Gasteiger partial charge in [-0.3, -0.25) is 0 Å². The average Bonchev–Trinajstić information content (AvgIpc) is 2.48. The van der Waals surface area contributed by atoms with E-state index in [2.05, 4.69) is 0 Å². The Morgan fingerprint density at radius 1 is 1.00 bits per heavy atom. The third kappa shape index (κ3) is 2.97. The molecule has 3 rings (SSSR count). The summed E-state index contributed by atoms with van der Waals surface area (Å²) in [4.78, 5) is 12.1. The van der Waals surface area contributed by atoms with Crippen LogP contribution in [0, 0.1) is 11.8 Å². The summed E-state index contributed by atoms with van der Waals surface area (Å²) in [6, 6.07) is 6.27. The Morgan fingerprint density at radius 3 is 2.45 bits per heavy atom. The van der Waals surface area contributed by atoms with Crippen LogP contribution in [0.2, 0.25) is 0 Å². The number of phenolic OH excluding ortho intramolecular Hbond substituents is 1. The second-order valence-electron chi connectivity index (χ2n) is 6.19. The second-order valence-corrected chi connectivity index (χ2v) is 6.19. The summed E-state index contributed by atoms with van der Waals surface area (Å²) in [5.74, 6) is 1.54. The summed E-state index contributed by atoms with van der Waals surface area (Å²) in [5, 5.41) is 9.24. The highest BCUT2D eigenvalue weighted by Crippen LogP contribution is 2.41. The lowest BCUT2D eigenvalue weighted by Crippen LogP contribution is -2.33. The van der Waals surface area contributed by atoms with Crippen molar-refractivity contribution in [3.05, 3.63) is 29.8 Å². The predicted molar refractivity (Wildman–Crippen MR) is 76.6 cm³/mol. The Morgan fingerprint density at radius 2 is 1.70 bits per heavy atom. The van der Waals surface area contributed by atoms with Crippen LogP contribution in [-0.2, 0) is 4.74 Å². The number of carbonyl (C=O) groups excluding carboxylic acids is 1. The molecular weight excluding hydrogens is 252 g/mol. The molecule has 2 aliphatic carbocycles. The number of ether oxygens (including phenoxy) is 1. The molecule has 2 aliphatic rings. The molecular formula is C17H22O3. The number of aromatic hydroxyl groups is 1. The van der Waals surface area contributed by atoms with Gasteiger partial charge in [0.1, 0.15) is 11.9 Å². The maximum Gasteiger partial charge on any atom is 0.338 e. The molecule has 0 radical (unpaired) electrons. The molecule has 0 aliphatic heterocycles. The highest BCUT2D eigenvalue weighted by molar-refractivity contribution is 5.89. The minimum Gasteiger partial charge on any atom is -0.508 e. The molecule has 0 aromatic heterocycles. The average molecular weight is 274 g/mol. The largest absolute Gasteiger partial charge is 0.508 e. The van der Waals surface area contributed by atoms with Gasteiger partial charge in [-0.05, 0) is 55.4 Å². The zero-order valence-corrected chi connectivity index (χ0v) is 11.8. The van der Waals surface area contributed by atoms with E-state index in [0.29, 0.717) is 5.56 Å². The van der Waals surface area contributed by atoms with E-state index in [1.54, 1.807) is 12.1 Å². The fourth-order valence-corrected chi connectivity index (χ4v) is 3.75. The first-order valence-corrected chi connectivity index (χ1v) is 7.72. The lowest BCUT2D eigenvalue weighted by molar-refractivity contribution is -0.000922. The van der Waals surface area contributed by atoms with E-state index in [4.69, 9.17) is 4.74 Å². The van der Waals surface area contributed by atoms with Gasteiger partial charge in [0.15, 0.2) is 0 Å². The van der Waals surface area contributed by atoms with E-state index in [1.807, 2.05) is 0 Å². The summed E-state index contributed by atoms with van der Waals surface area (Å²) < 4.78 is 5.65. The highest BCUT2D eigenvalue weighted by atomic mass is 16.5. The van der Waals surface area contributed by atoms with Crippen LogP contribution in [0.25, 0.3) is 0 Å². The first kappa shape index (κ1) is 13.5. The van der Waals surface area contributed by atoms with Gasteiger partial charge in [0.2, 0.25) is 0 Å². The van der Waals surface area contributed by atoms with Crippen LogP contribution >= 0.6 is 0 Å². The second kappa shape index (κ2) is 5.86. The molecule has 0 heterocycles. The molecule has 108 valence electrons. The number of rotatable bonds is 2. The van der Waals surface area contributed by atoms with Gasteiger partial charge in [0.05, 0.1) is 5.56 Å². The van der Waals surface area contributed by atoms with E-state index in [0.717, 1.165) is 24.7 Å². The third-order valence-electron chi connectivity index (χ3n) is 4.87. The number of phenols is 1. The number of benzene rings is 1. The summed E-state index contributed by atoms with van der Waals surface area (Å²) in [5.41, 5.74) is 0.522. The number of hydrogen-bond donors (Lipinski definition) is 1. The van der Waals surface area contributed by atoms with Gasteiger partial charge in [-0.15, -0.1) is 0 Å². The minimum atomic E-state index is -0.260. The van der Waals surface area contributed by atoms with Gasteiger partial charge < -0.3 is 9.84 Å². The smallest absolute Gasteiger partial charge is 0.338 e. The van der Waals surface area contributed by atoms with E-state index in [9.17, 15) is 9.90 Å².